The predicted octanol–water partition coefficient (Wildman–Crippen LogP) is 2.64. The maximum absolute atomic E-state index is 12.4. The van der Waals surface area contributed by atoms with E-state index >= 15 is 0 Å². The van der Waals surface area contributed by atoms with Crippen molar-refractivity contribution >= 4 is 42.4 Å². The fourth-order valence-electron chi connectivity index (χ4n) is 2.70. The lowest BCUT2D eigenvalue weighted by atomic mass is 10.1. The van der Waals surface area contributed by atoms with Gasteiger partial charge in [0.1, 0.15) is 5.75 Å². The van der Waals surface area contributed by atoms with E-state index in [0.29, 0.717) is 21.8 Å². The summed E-state index contributed by atoms with van der Waals surface area (Å²) >= 11 is 1.24. The van der Waals surface area contributed by atoms with Gasteiger partial charge in [0, 0.05) is 12.7 Å². The average molecular weight is 374 g/mol. The highest BCUT2D eigenvalue weighted by Gasteiger charge is 2.29. The number of nitrogens with zero attached hydrogens (tertiary/aromatic N) is 1. The van der Waals surface area contributed by atoms with Gasteiger partial charge < -0.3 is 4.74 Å². The number of sulfone groups is 1. The molecule has 2 aromatic carbocycles. The number of hydrogen-bond acceptors (Lipinski definition) is 6. The second-order valence-corrected chi connectivity index (χ2v) is 8.87. The molecule has 8 heteroatoms. The molecule has 1 atom stereocenters. The zero-order valence-corrected chi connectivity index (χ0v) is 14.9. The van der Waals surface area contributed by atoms with E-state index in [1.165, 1.54) is 17.4 Å². The van der Waals surface area contributed by atoms with Gasteiger partial charge in [-0.3, -0.25) is 10.1 Å². The quantitative estimate of drug-likeness (QED) is 0.762. The summed E-state index contributed by atoms with van der Waals surface area (Å²) in [5, 5.41) is 3.18. The number of anilines is 1. The lowest BCUT2D eigenvalue weighted by Gasteiger charge is -2.09. The summed E-state index contributed by atoms with van der Waals surface area (Å²) < 4.78 is 29.6. The van der Waals surface area contributed by atoms with Gasteiger partial charge in [0.25, 0.3) is 5.91 Å². The number of benzene rings is 2. The number of carbonyl (C=O) groups is 1. The summed E-state index contributed by atoms with van der Waals surface area (Å²) in [5.74, 6) is 0.461. The summed E-state index contributed by atoms with van der Waals surface area (Å²) in [7, 11) is -3.28. The summed E-state index contributed by atoms with van der Waals surface area (Å²) in [6, 6.07) is 12.3. The lowest BCUT2D eigenvalue weighted by Crippen LogP contribution is -2.31. The molecule has 25 heavy (non-hydrogen) atoms. The van der Waals surface area contributed by atoms with Crippen molar-refractivity contribution in [2.24, 2.45) is 0 Å². The van der Waals surface area contributed by atoms with E-state index in [-0.39, 0.29) is 10.8 Å². The smallest absolute Gasteiger partial charge is 0.267 e. The molecule has 128 valence electrons. The third-order valence-electron chi connectivity index (χ3n) is 3.96. The van der Waals surface area contributed by atoms with Crippen molar-refractivity contribution < 1.29 is 17.9 Å². The molecule has 2 heterocycles. The second kappa shape index (κ2) is 5.82. The Morgan fingerprint density at radius 3 is 2.84 bits per heavy atom. The van der Waals surface area contributed by atoms with Crippen LogP contribution in [0.5, 0.6) is 5.75 Å². The molecular weight excluding hydrogens is 360 g/mol. The number of rotatable bonds is 3. The molecule has 0 aliphatic carbocycles. The Kier molecular flexibility index (Phi) is 3.73. The molecule has 0 saturated heterocycles. The van der Waals surface area contributed by atoms with Gasteiger partial charge in [-0.1, -0.05) is 29.5 Å². The minimum atomic E-state index is -3.28. The number of thiazole rings is 1. The van der Waals surface area contributed by atoms with E-state index in [9.17, 15) is 13.2 Å². The van der Waals surface area contributed by atoms with Crippen molar-refractivity contribution in [2.75, 3.05) is 11.6 Å². The van der Waals surface area contributed by atoms with Crippen LogP contribution in [0.3, 0.4) is 0 Å². The first-order valence-corrected chi connectivity index (χ1v) is 10.3. The first kappa shape index (κ1) is 16.0. The van der Waals surface area contributed by atoms with Crippen molar-refractivity contribution in [3.63, 3.8) is 0 Å². The number of nitrogens with one attached hydrogen (secondary N) is 1. The summed E-state index contributed by atoms with van der Waals surface area (Å²) in [6.07, 6.45) is 1.09. The monoisotopic (exact) mass is 374 g/mol. The number of para-hydroxylation sites is 1. The molecule has 1 aromatic heterocycles. The number of hydrogen-bond donors (Lipinski definition) is 1. The van der Waals surface area contributed by atoms with Crippen molar-refractivity contribution in [1.29, 1.82) is 0 Å². The molecule has 1 unspecified atom stereocenters. The Labute approximate surface area is 148 Å². The molecule has 1 aliphatic rings. The minimum Gasteiger partial charge on any atom is -0.480 e. The zero-order valence-electron chi connectivity index (χ0n) is 13.2. The van der Waals surface area contributed by atoms with Crippen LogP contribution in [0.25, 0.3) is 10.2 Å². The van der Waals surface area contributed by atoms with Crippen molar-refractivity contribution in [3.8, 4) is 5.75 Å². The van der Waals surface area contributed by atoms with E-state index in [4.69, 9.17) is 4.74 Å². The van der Waals surface area contributed by atoms with Crippen LogP contribution in [-0.4, -0.2) is 31.7 Å². The number of amides is 1. The summed E-state index contributed by atoms with van der Waals surface area (Å²) in [5.41, 5.74) is 1.65. The topological polar surface area (TPSA) is 85.4 Å². The molecule has 0 fully saturated rings. The number of ether oxygens (including phenoxy) is 1. The SMILES string of the molecule is CS(=O)(=O)c1ccc2nc(NC(=O)C3Cc4ccccc4O3)sc2c1. The van der Waals surface area contributed by atoms with Crippen LogP contribution in [0.2, 0.25) is 0 Å². The Balaban J connectivity index is 1.54. The third-order valence-corrected chi connectivity index (χ3v) is 6.00. The fourth-order valence-corrected chi connectivity index (χ4v) is 4.33. The standard InChI is InChI=1S/C17H14N2O4S2/c1-25(21,22)11-6-7-12-15(9-11)24-17(18-12)19-16(20)14-8-10-4-2-3-5-13(10)23-14/h2-7,9,14H,8H2,1H3,(H,18,19,20). The van der Waals surface area contributed by atoms with E-state index in [1.807, 2.05) is 24.3 Å². The molecule has 1 N–H and O–H groups in total. The van der Waals surface area contributed by atoms with Gasteiger partial charge in [-0.25, -0.2) is 13.4 Å². The van der Waals surface area contributed by atoms with Crippen LogP contribution in [0.1, 0.15) is 5.56 Å². The van der Waals surface area contributed by atoms with Crippen molar-refractivity contribution in [2.45, 2.75) is 17.4 Å². The third kappa shape index (κ3) is 3.10. The highest BCUT2D eigenvalue weighted by atomic mass is 32.2. The maximum Gasteiger partial charge on any atom is 0.267 e. The largest absolute Gasteiger partial charge is 0.480 e. The molecule has 0 bridgehead atoms. The molecule has 6 nitrogen and oxygen atoms in total. The van der Waals surface area contributed by atoms with E-state index in [0.717, 1.165) is 17.6 Å². The second-order valence-electron chi connectivity index (χ2n) is 5.83. The Morgan fingerprint density at radius 2 is 2.08 bits per heavy atom. The van der Waals surface area contributed by atoms with E-state index in [1.54, 1.807) is 12.1 Å². The highest BCUT2D eigenvalue weighted by Crippen LogP contribution is 2.31. The lowest BCUT2D eigenvalue weighted by molar-refractivity contribution is -0.122. The number of fused-ring (bicyclic) bond motifs is 2. The van der Waals surface area contributed by atoms with Gasteiger partial charge in [-0.15, -0.1) is 0 Å². The molecule has 1 aliphatic heterocycles. The minimum absolute atomic E-state index is 0.233. The average Bonchev–Trinajstić information content (AvgIpc) is 3.16. The Morgan fingerprint density at radius 1 is 1.28 bits per heavy atom. The van der Waals surface area contributed by atoms with Crippen molar-refractivity contribution in [1.82, 2.24) is 4.98 Å². The molecule has 0 radical (unpaired) electrons. The van der Waals surface area contributed by atoms with Gasteiger partial charge in [0.15, 0.2) is 21.1 Å². The predicted molar refractivity (Wildman–Crippen MR) is 95.9 cm³/mol. The van der Waals surface area contributed by atoms with Gasteiger partial charge >= 0.3 is 0 Å². The summed E-state index contributed by atoms with van der Waals surface area (Å²) in [4.78, 5) is 17.0. The molecular formula is C17H14N2O4S2. The van der Waals surface area contributed by atoms with Crippen LogP contribution in [0, 0.1) is 0 Å². The normalized spacial score (nSPS) is 16.4. The van der Waals surface area contributed by atoms with Gasteiger partial charge in [-0.05, 0) is 29.8 Å². The van der Waals surface area contributed by atoms with Crippen LogP contribution >= 0.6 is 11.3 Å². The Hall–Kier alpha value is -2.45. The first-order chi connectivity index (χ1) is 11.9. The fraction of sp³-hybridized carbons (Fsp3) is 0.176. The number of aromatic nitrogens is 1. The van der Waals surface area contributed by atoms with Crippen LogP contribution in [0.15, 0.2) is 47.4 Å². The molecule has 1 amide bonds. The zero-order chi connectivity index (χ0) is 17.6. The van der Waals surface area contributed by atoms with Crippen LogP contribution in [0.4, 0.5) is 5.13 Å². The summed E-state index contributed by atoms with van der Waals surface area (Å²) in [6.45, 7) is 0. The maximum atomic E-state index is 12.4. The number of carbonyl (C=O) groups excluding carboxylic acids is 1. The molecule has 0 spiro atoms. The van der Waals surface area contributed by atoms with Gasteiger partial charge in [-0.2, -0.15) is 0 Å². The Bertz CT molecular complexity index is 1060. The molecule has 3 aromatic rings. The van der Waals surface area contributed by atoms with Gasteiger partial charge in [0.2, 0.25) is 0 Å². The van der Waals surface area contributed by atoms with E-state index < -0.39 is 15.9 Å². The van der Waals surface area contributed by atoms with Crippen LogP contribution < -0.4 is 10.1 Å². The van der Waals surface area contributed by atoms with Gasteiger partial charge in [0.05, 0.1) is 15.1 Å². The van der Waals surface area contributed by atoms with Crippen LogP contribution in [-0.2, 0) is 21.1 Å². The highest BCUT2D eigenvalue weighted by molar-refractivity contribution is 7.90. The molecule has 0 saturated carbocycles. The van der Waals surface area contributed by atoms with E-state index in [2.05, 4.69) is 10.3 Å². The molecule has 4 rings (SSSR count). The first-order valence-electron chi connectivity index (χ1n) is 7.56. The van der Waals surface area contributed by atoms with Crippen molar-refractivity contribution in [3.05, 3.63) is 48.0 Å².